The Balaban J connectivity index is 2.75. The van der Waals surface area contributed by atoms with Crippen molar-refractivity contribution in [2.45, 2.75) is 12.8 Å². The number of hydrogen-bond donors (Lipinski definition) is 0. The van der Waals surface area contributed by atoms with Crippen LogP contribution in [-0.2, 0) is 25.6 Å². The second kappa shape index (κ2) is 12.0. The van der Waals surface area contributed by atoms with Gasteiger partial charge in [-0.1, -0.05) is 26.3 Å². The molecule has 0 N–H and O–H groups in total. The van der Waals surface area contributed by atoms with Gasteiger partial charge in [0.25, 0.3) is 0 Å². The van der Waals surface area contributed by atoms with Gasteiger partial charge in [0.05, 0.1) is 5.56 Å². The lowest BCUT2D eigenvalue weighted by Gasteiger charge is -2.16. The summed E-state index contributed by atoms with van der Waals surface area (Å²) in [6.45, 7) is 13.1. The van der Waals surface area contributed by atoms with Gasteiger partial charge in [-0.2, -0.15) is 0 Å². The Kier molecular flexibility index (Phi) is 9.11. The maximum Gasteiger partial charge on any atom is 0.335 e. The van der Waals surface area contributed by atoms with Gasteiger partial charge in [-0.05, 0) is 41.8 Å². The van der Waals surface area contributed by atoms with E-state index in [1.54, 1.807) is 0 Å². The summed E-state index contributed by atoms with van der Waals surface area (Å²) in [5.41, 5.74) is -0.937. The number of carbonyl (C=O) groups excluding carboxylic acids is 4. The highest BCUT2D eigenvalue weighted by Crippen LogP contribution is 2.40. The number of halogens is 2. The van der Waals surface area contributed by atoms with Crippen molar-refractivity contribution in [2.24, 2.45) is 0 Å². The Morgan fingerprint density at radius 1 is 0.714 bits per heavy atom. The minimum Gasteiger partial charge on any atom is -0.423 e. The lowest BCUT2D eigenvalue weighted by Crippen LogP contribution is -2.09. The minimum absolute atomic E-state index is 0.164. The van der Waals surface area contributed by atoms with E-state index in [1.807, 2.05) is 0 Å². The molecule has 0 bridgehead atoms. The van der Waals surface area contributed by atoms with Gasteiger partial charge in [0, 0.05) is 30.7 Å². The third kappa shape index (κ3) is 6.91. The van der Waals surface area contributed by atoms with E-state index in [-0.39, 0.29) is 35.5 Å². The fourth-order valence-electron chi connectivity index (χ4n) is 2.84. The molecule has 0 atom stereocenters. The van der Waals surface area contributed by atoms with E-state index in [1.165, 1.54) is 0 Å². The van der Waals surface area contributed by atoms with Crippen LogP contribution in [0, 0.1) is 11.6 Å². The summed E-state index contributed by atoms with van der Waals surface area (Å²) in [5.74, 6) is -6.68. The molecule has 2 rings (SSSR count). The minimum atomic E-state index is -1.42. The number of hydrogen-bond acceptors (Lipinski definition) is 7. The van der Waals surface area contributed by atoms with Gasteiger partial charge in [-0.25, -0.2) is 23.2 Å². The molecule has 0 heterocycles. The molecular weight excluding hydrogens is 462 g/mol. The van der Waals surface area contributed by atoms with Crippen LogP contribution in [0.15, 0.2) is 74.9 Å². The zero-order valence-corrected chi connectivity index (χ0v) is 18.5. The molecule has 0 saturated carbocycles. The normalized spacial score (nSPS) is 10.0. The monoisotopic (exact) mass is 482 g/mol. The van der Waals surface area contributed by atoms with E-state index in [0.717, 1.165) is 48.6 Å². The molecule has 0 spiro atoms. The van der Waals surface area contributed by atoms with Crippen molar-refractivity contribution in [2.75, 3.05) is 0 Å². The van der Waals surface area contributed by atoms with Crippen molar-refractivity contribution in [3.8, 4) is 28.4 Å². The van der Waals surface area contributed by atoms with Crippen LogP contribution >= 0.6 is 0 Å². The van der Waals surface area contributed by atoms with Crippen LogP contribution < -0.4 is 14.2 Å². The average molecular weight is 482 g/mol. The first-order chi connectivity index (χ1) is 16.6. The van der Waals surface area contributed by atoms with Gasteiger partial charge in [-0.15, -0.1) is 0 Å². The number of allylic oxidation sites excluding steroid dienone is 1. The van der Waals surface area contributed by atoms with Gasteiger partial charge in [0.15, 0.2) is 17.4 Å². The van der Waals surface area contributed by atoms with Crippen LogP contribution in [0.5, 0.6) is 17.2 Å². The molecule has 0 fully saturated rings. The molecule has 0 radical (unpaired) electrons. The maximum absolute atomic E-state index is 15.3. The lowest BCUT2D eigenvalue weighted by molar-refractivity contribution is -0.130. The summed E-state index contributed by atoms with van der Waals surface area (Å²) >= 11 is 0. The second-order valence-corrected chi connectivity index (χ2v) is 6.78. The van der Waals surface area contributed by atoms with Gasteiger partial charge in [0.2, 0.25) is 0 Å². The summed E-state index contributed by atoms with van der Waals surface area (Å²) in [6, 6.07) is 4.47. The third-order valence-corrected chi connectivity index (χ3v) is 4.43. The fraction of sp³-hybridized carbons (Fsp3) is 0.0769. The topological polar surface area (TPSA) is 96.0 Å². The van der Waals surface area contributed by atoms with Gasteiger partial charge in [0.1, 0.15) is 17.2 Å². The number of ketones is 1. The van der Waals surface area contributed by atoms with Crippen LogP contribution in [0.2, 0.25) is 0 Å². The van der Waals surface area contributed by atoms with E-state index >= 15 is 4.39 Å². The summed E-state index contributed by atoms with van der Waals surface area (Å²) in [5, 5.41) is 0. The average Bonchev–Trinajstić information content (AvgIpc) is 2.84. The summed E-state index contributed by atoms with van der Waals surface area (Å²) in [4.78, 5) is 46.8. The SMILES string of the molecule is C=CC(=O)CCc1cc(OC(=O)C=C)c(-c2cc(OC(=O)C=C)cc(OC(=O)C=C)c2)c(F)c1F. The van der Waals surface area contributed by atoms with E-state index < -0.39 is 46.6 Å². The quantitative estimate of drug-likeness (QED) is 0.263. The highest BCUT2D eigenvalue weighted by atomic mass is 19.2. The van der Waals surface area contributed by atoms with Crippen molar-refractivity contribution < 1.29 is 42.2 Å². The molecule has 0 aliphatic heterocycles. The predicted octanol–water partition coefficient (Wildman–Crippen LogP) is 4.59. The standard InChI is InChI=1S/C26H20F2O7/c1-5-17(29)10-9-15-13-20(35-23(32)8-4)24(26(28)25(15)27)16-11-18(33-21(30)6-2)14-19(12-16)34-22(31)7-3/h5-8,11-14H,1-4,9-10H2. The number of esters is 3. The Morgan fingerprint density at radius 3 is 1.71 bits per heavy atom. The molecule has 0 saturated heterocycles. The lowest BCUT2D eigenvalue weighted by atomic mass is 9.98. The summed E-state index contributed by atoms with van der Waals surface area (Å²) in [7, 11) is 0. The van der Waals surface area contributed by atoms with Crippen molar-refractivity contribution in [3.05, 3.63) is 92.1 Å². The molecule has 0 aliphatic carbocycles. The first-order valence-electron chi connectivity index (χ1n) is 9.97. The number of rotatable bonds is 11. The molecule has 0 amide bonds. The molecule has 180 valence electrons. The number of ether oxygens (including phenoxy) is 3. The predicted molar refractivity (Wildman–Crippen MR) is 123 cm³/mol. The van der Waals surface area contributed by atoms with E-state index in [0.29, 0.717) is 0 Å². The zero-order chi connectivity index (χ0) is 26.1. The van der Waals surface area contributed by atoms with Crippen LogP contribution in [0.3, 0.4) is 0 Å². The fourth-order valence-corrected chi connectivity index (χ4v) is 2.84. The van der Waals surface area contributed by atoms with Crippen LogP contribution in [0.25, 0.3) is 11.1 Å². The Labute approximate surface area is 199 Å². The molecular formula is C26H20F2O7. The van der Waals surface area contributed by atoms with E-state index in [9.17, 15) is 23.6 Å². The molecule has 0 aromatic heterocycles. The van der Waals surface area contributed by atoms with Crippen molar-refractivity contribution >= 4 is 23.7 Å². The molecule has 9 heteroatoms. The molecule has 0 unspecified atom stereocenters. The van der Waals surface area contributed by atoms with Gasteiger partial charge >= 0.3 is 17.9 Å². The molecule has 2 aromatic carbocycles. The molecule has 2 aromatic rings. The van der Waals surface area contributed by atoms with Crippen LogP contribution in [0.4, 0.5) is 8.78 Å². The smallest absolute Gasteiger partial charge is 0.335 e. The number of benzene rings is 2. The Morgan fingerprint density at radius 2 is 1.23 bits per heavy atom. The van der Waals surface area contributed by atoms with Gasteiger partial charge in [-0.3, -0.25) is 4.79 Å². The van der Waals surface area contributed by atoms with Crippen LogP contribution in [0.1, 0.15) is 12.0 Å². The van der Waals surface area contributed by atoms with Crippen molar-refractivity contribution in [1.29, 1.82) is 0 Å². The third-order valence-electron chi connectivity index (χ3n) is 4.43. The maximum atomic E-state index is 15.3. The largest absolute Gasteiger partial charge is 0.423 e. The van der Waals surface area contributed by atoms with Crippen molar-refractivity contribution in [3.63, 3.8) is 0 Å². The first kappa shape index (κ1) is 26.6. The Bertz CT molecular complexity index is 1200. The summed E-state index contributed by atoms with van der Waals surface area (Å²) in [6.07, 6.45) is 3.21. The van der Waals surface area contributed by atoms with Gasteiger partial charge < -0.3 is 14.2 Å². The van der Waals surface area contributed by atoms with Crippen molar-refractivity contribution in [1.82, 2.24) is 0 Å². The zero-order valence-electron chi connectivity index (χ0n) is 18.5. The second-order valence-electron chi connectivity index (χ2n) is 6.78. The molecule has 7 nitrogen and oxygen atoms in total. The molecule has 0 aliphatic rings. The van der Waals surface area contributed by atoms with E-state index in [4.69, 9.17) is 14.2 Å². The Hall–Kier alpha value is -4.66. The first-order valence-corrected chi connectivity index (χ1v) is 9.97. The molecule has 35 heavy (non-hydrogen) atoms. The number of carbonyl (C=O) groups is 4. The van der Waals surface area contributed by atoms with Crippen LogP contribution in [-0.4, -0.2) is 23.7 Å². The summed E-state index contributed by atoms with van der Waals surface area (Å²) < 4.78 is 45.5. The van der Waals surface area contributed by atoms with E-state index in [2.05, 4.69) is 26.3 Å². The highest BCUT2D eigenvalue weighted by molar-refractivity contribution is 5.90. The highest BCUT2D eigenvalue weighted by Gasteiger charge is 2.24. The number of aryl methyl sites for hydroxylation is 1.